The zero-order chi connectivity index (χ0) is 35.2. The predicted molar refractivity (Wildman–Crippen MR) is 148 cm³/mol. The van der Waals surface area contributed by atoms with Crippen molar-refractivity contribution >= 4 is 46.4 Å². The van der Waals surface area contributed by atoms with Crippen molar-refractivity contribution in [3.63, 3.8) is 0 Å². The van der Waals surface area contributed by atoms with Crippen molar-refractivity contribution in [3.8, 4) is 0 Å². The molecule has 27 heteroatoms. The topological polar surface area (TPSA) is 368 Å². The number of aromatic nitrogens is 5. The lowest BCUT2D eigenvalue weighted by Crippen LogP contribution is -2.46. The number of rotatable bonds is 13. The third-order valence-corrected chi connectivity index (χ3v) is 10.1. The van der Waals surface area contributed by atoms with E-state index in [1.807, 2.05) is 0 Å². The van der Waals surface area contributed by atoms with Crippen LogP contribution in [0, 0.1) is 0 Å². The first-order chi connectivity index (χ1) is 22.4. The van der Waals surface area contributed by atoms with E-state index in [-0.39, 0.29) is 22.5 Å². The van der Waals surface area contributed by atoms with Gasteiger partial charge in [-0.2, -0.15) is 4.57 Å². The zero-order valence-electron chi connectivity index (χ0n) is 23.9. The van der Waals surface area contributed by atoms with E-state index in [1.54, 1.807) is 0 Å². The summed E-state index contributed by atoms with van der Waals surface area (Å²) in [5.41, 5.74) is 11.1. The molecule has 10 atom stereocenters. The summed E-state index contributed by atoms with van der Waals surface area (Å²) in [5, 5.41) is 31.5. The Labute approximate surface area is 267 Å². The minimum atomic E-state index is -5.72. The minimum Gasteiger partial charge on any atom is -0.756 e. The standard InChI is InChI=1S/C21H28N7O17P3/c22-17-12-19(25-7-24-17)28(8-26-12)21-16(44-46(33,34)35)14(30)11(43-21)6-41-48(38,39)45-47(36,37)40-5-10-13(29)15(31)20(42-10)27-3-1-2-9(4-27)18(23)32/h1-4,7-8,10-11,13-16,20-21,29-31H,5-6H2,(H7-,22,23,24,25,32,33,34,35,36,37,38,39)/t10-,11-,13-,14-,15-,16-,20?,21-/m1/s1. The van der Waals surface area contributed by atoms with Crippen LogP contribution in [0.2, 0.25) is 0 Å². The van der Waals surface area contributed by atoms with Gasteiger partial charge >= 0.3 is 15.6 Å². The molecule has 0 bridgehead atoms. The fraction of sp³-hybridized carbons (Fsp3) is 0.476. The first-order valence-electron chi connectivity index (χ1n) is 13.3. The third-order valence-electron chi connectivity index (χ3n) is 6.97. The van der Waals surface area contributed by atoms with E-state index >= 15 is 0 Å². The van der Waals surface area contributed by atoms with Crippen molar-refractivity contribution in [2.24, 2.45) is 5.73 Å². The number of nitrogen functional groups attached to an aromatic ring is 1. The van der Waals surface area contributed by atoms with Crippen molar-refractivity contribution in [3.05, 3.63) is 42.7 Å². The highest BCUT2D eigenvalue weighted by Gasteiger charge is 2.51. The number of carbonyl (C=O) groups is 1. The van der Waals surface area contributed by atoms with E-state index in [1.165, 1.54) is 29.1 Å². The Morgan fingerprint density at radius 1 is 1.02 bits per heavy atom. The molecule has 264 valence electrons. The van der Waals surface area contributed by atoms with E-state index in [9.17, 15) is 53.4 Å². The van der Waals surface area contributed by atoms with Crippen LogP contribution in [0.3, 0.4) is 0 Å². The molecule has 3 unspecified atom stereocenters. The molecular formula is C21H28N7O17P3. The second kappa shape index (κ2) is 13.8. The molecule has 3 aromatic rings. The van der Waals surface area contributed by atoms with Gasteiger partial charge in [0.05, 0.1) is 19.5 Å². The SMILES string of the molecule is NC(=O)c1ccc[n+](C2O[C@H](COP(=O)([O-])OP(=O)(O)OC[C@H]3O[C@@H](n4cnc5c(N)ncnc54)[C@H](OP(=O)(O)O)[C@@H]3O)[C@@H](O)[C@H]2O)c1. The van der Waals surface area contributed by atoms with Crippen molar-refractivity contribution in [2.75, 3.05) is 18.9 Å². The maximum atomic E-state index is 12.5. The summed E-state index contributed by atoms with van der Waals surface area (Å²) in [5.74, 6) is -0.862. The van der Waals surface area contributed by atoms with Crippen molar-refractivity contribution < 1.29 is 85.3 Å². The van der Waals surface area contributed by atoms with Crippen LogP contribution >= 0.6 is 23.5 Å². The Hall–Kier alpha value is -2.86. The molecule has 1 amide bonds. The van der Waals surface area contributed by atoms with E-state index in [2.05, 4.69) is 32.8 Å². The van der Waals surface area contributed by atoms with Gasteiger partial charge in [0.25, 0.3) is 20.0 Å². The molecule has 0 aromatic carbocycles. The van der Waals surface area contributed by atoms with Crippen LogP contribution in [-0.4, -0.2) is 105 Å². The number of fused-ring (bicyclic) bond motifs is 1. The highest BCUT2D eigenvalue weighted by Crippen LogP contribution is 2.58. The number of phosphoric acid groups is 3. The van der Waals surface area contributed by atoms with Crippen LogP contribution in [0.25, 0.3) is 11.2 Å². The molecule has 24 nitrogen and oxygen atoms in total. The second-order valence-corrected chi connectivity index (χ2v) is 14.4. The largest absolute Gasteiger partial charge is 0.756 e. The van der Waals surface area contributed by atoms with Crippen molar-refractivity contribution in [1.82, 2.24) is 19.5 Å². The number of nitrogens with zero attached hydrogens (tertiary/aromatic N) is 5. The lowest BCUT2D eigenvalue weighted by molar-refractivity contribution is -0.765. The molecule has 2 aliphatic rings. The Balaban J connectivity index is 1.21. The lowest BCUT2D eigenvalue weighted by Gasteiger charge is -2.26. The third kappa shape index (κ3) is 8.12. The Kier molecular flexibility index (Phi) is 10.5. The molecule has 0 saturated carbocycles. The maximum Gasteiger partial charge on any atom is 0.478 e. The van der Waals surface area contributed by atoms with Gasteiger partial charge in [0.2, 0.25) is 0 Å². The fourth-order valence-corrected chi connectivity index (χ4v) is 7.42. The summed E-state index contributed by atoms with van der Waals surface area (Å²) >= 11 is 0. The van der Waals surface area contributed by atoms with Crippen LogP contribution in [0.4, 0.5) is 5.82 Å². The Morgan fingerprint density at radius 3 is 2.40 bits per heavy atom. The number of phosphoric ester groups is 3. The Morgan fingerprint density at radius 2 is 1.71 bits per heavy atom. The van der Waals surface area contributed by atoms with Gasteiger partial charge in [0, 0.05) is 6.07 Å². The van der Waals surface area contributed by atoms with Gasteiger partial charge in [-0.3, -0.25) is 23.0 Å². The van der Waals surface area contributed by atoms with E-state index < -0.39 is 91.7 Å². The number of amides is 1. The number of anilines is 1. The van der Waals surface area contributed by atoms with Gasteiger partial charge in [-0.1, -0.05) is 0 Å². The molecule has 2 aliphatic heterocycles. The van der Waals surface area contributed by atoms with Gasteiger partial charge in [0.15, 0.2) is 36.2 Å². The van der Waals surface area contributed by atoms with Gasteiger partial charge < -0.3 is 60.4 Å². The van der Waals surface area contributed by atoms with Crippen LogP contribution in [0.15, 0.2) is 37.2 Å². The highest BCUT2D eigenvalue weighted by molar-refractivity contribution is 7.60. The first kappa shape index (κ1) is 36.4. The number of nitrogens with two attached hydrogens (primary N) is 2. The Bertz CT molecular complexity index is 1810. The molecule has 0 radical (unpaired) electrons. The van der Waals surface area contributed by atoms with Gasteiger partial charge in [-0.05, 0) is 6.07 Å². The predicted octanol–water partition coefficient (Wildman–Crippen LogP) is -3.53. The number of hydrogen-bond donors (Lipinski definition) is 8. The number of aliphatic hydroxyl groups excluding tert-OH is 3. The average molecular weight is 743 g/mol. The number of pyridine rings is 1. The minimum absolute atomic E-state index is 0.00541. The van der Waals surface area contributed by atoms with Crippen LogP contribution in [0.5, 0.6) is 0 Å². The summed E-state index contributed by atoms with van der Waals surface area (Å²) in [6.45, 7) is -2.12. The van der Waals surface area contributed by atoms with Crippen molar-refractivity contribution in [2.45, 2.75) is 49.1 Å². The molecule has 2 saturated heterocycles. The number of hydrogen-bond acceptors (Lipinski definition) is 18. The molecule has 10 N–H and O–H groups in total. The number of ether oxygens (including phenoxy) is 2. The van der Waals surface area contributed by atoms with Crippen LogP contribution < -0.4 is 20.9 Å². The summed E-state index contributed by atoms with van der Waals surface area (Å²) in [4.78, 5) is 64.4. The zero-order valence-corrected chi connectivity index (χ0v) is 26.6. The number of imidazole rings is 1. The first-order valence-corrected chi connectivity index (χ1v) is 17.8. The van der Waals surface area contributed by atoms with E-state index in [4.69, 9.17) is 20.9 Å². The van der Waals surface area contributed by atoms with Gasteiger partial charge in [0.1, 0.15) is 47.9 Å². The van der Waals surface area contributed by atoms with Gasteiger partial charge in [-0.15, -0.1) is 0 Å². The van der Waals surface area contributed by atoms with Crippen LogP contribution in [0.1, 0.15) is 22.8 Å². The molecule has 3 aromatic heterocycles. The maximum absolute atomic E-state index is 12.5. The highest BCUT2D eigenvalue weighted by atomic mass is 31.3. The normalized spacial score (nSPS) is 30.3. The van der Waals surface area contributed by atoms with Crippen LogP contribution in [-0.2, 0) is 41.1 Å². The molecule has 2 fully saturated rings. The lowest BCUT2D eigenvalue weighted by atomic mass is 10.1. The average Bonchev–Trinajstić information content (AvgIpc) is 3.64. The summed E-state index contributed by atoms with van der Waals surface area (Å²) in [6.07, 6.45) is -8.59. The smallest absolute Gasteiger partial charge is 0.478 e. The van der Waals surface area contributed by atoms with E-state index in [0.29, 0.717) is 0 Å². The fourth-order valence-electron chi connectivity index (χ4n) is 4.82. The molecule has 0 spiro atoms. The molecule has 5 rings (SSSR count). The number of carbonyl (C=O) groups excluding carboxylic acids is 1. The summed E-state index contributed by atoms with van der Waals surface area (Å²) < 4.78 is 67.9. The molecular weight excluding hydrogens is 715 g/mol. The summed E-state index contributed by atoms with van der Waals surface area (Å²) in [6, 6.07) is 2.77. The molecule has 48 heavy (non-hydrogen) atoms. The number of aliphatic hydroxyl groups is 3. The van der Waals surface area contributed by atoms with Crippen molar-refractivity contribution in [1.29, 1.82) is 0 Å². The quantitative estimate of drug-likeness (QED) is 0.0621. The molecule has 0 aliphatic carbocycles. The van der Waals surface area contributed by atoms with Gasteiger partial charge in [-0.25, -0.2) is 28.4 Å². The monoisotopic (exact) mass is 743 g/mol. The second-order valence-electron chi connectivity index (χ2n) is 10.2. The summed E-state index contributed by atoms with van der Waals surface area (Å²) in [7, 11) is -16.6. The molecule has 5 heterocycles. The van der Waals surface area contributed by atoms with E-state index in [0.717, 1.165) is 17.2 Å². The number of primary amides is 1.